The van der Waals surface area contributed by atoms with Crippen LogP contribution in [0.4, 0.5) is 0 Å². The summed E-state index contributed by atoms with van der Waals surface area (Å²) in [5, 5.41) is 0. The summed E-state index contributed by atoms with van der Waals surface area (Å²) in [6.45, 7) is 3.98. The average molecular weight is 466 g/mol. The molecule has 0 N–H and O–H groups in total. The van der Waals surface area contributed by atoms with Crippen LogP contribution in [0.1, 0.15) is 25.0 Å². The summed E-state index contributed by atoms with van der Waals surface area (Å²) < 4.78 is 32.0. The van der Waals surface area contributed by atoms with Gasteiger partial charge in [-0.1, -0.05) is 42.5 Å². The molecule has 0 saturated carbocycles. The first kappa shape index (κ1) is 23.1. The molecule has 1 heterocycles. The summed E-state index contributed by atoms with van der Waals surface area (Å²) in [4.78, 5) is 27.1. The van der Waals surface area contributed by atoms with Crippen molar-refractivity contribution in [1.82, 2.24) is 4.90 Å². The number of hydrogen-bond donors (Lipinski definition) is 0. The monoisotopic (exact) mass is 465 g/mol. The van der Waals surface area contributed by atoms with Crippen molar-refractivity contribution in [3.8, 4) is 0 Å². The molecule has 1 saturated heterocycles. The number of ether oxygens (including phenoxy) is 1. The Balaban J connectivity index is 1.58. The summed E-state index contributed by atoms with van der Waals surface area (Å²) in [7, 11) is -3.52. The van der Waals surface area contributed by atoms with Gasteiger partial charge in [0.25, 0.3) is 0 Å². The highest BCUT2D eigenvalue weighted by atomic mass is 32.2. The number of ketones is 1. The smallest absolute Gasteiger partial charge is 0.231 e. The molecule has 0 radical (unpaired) electrons. The van der Waals surface area contributed by atoms with Gasteiger partial charge in [-0.05, 0) is 67.8 Å². The predicted octanol–water partition coefficient (Wildman–Crippen LogP) is 3.48. The molecular formula is C26H27NO5S. The van der Waals surface area contributed by atoms with Gasteiger partial charge in [-0.15, -0.1) is 0 Å². The van der Waals surface area contributed by atoms with Crippen LogP contribution >= 0.6 is 0 Å². The van der Waals surface area contributed by atoms with Crippen molar-refractivity contribution in [1.29, 1.82) is 0 Å². The highest BCUT2D eigenvalue weighted by molar-refractivity contribution is 7.90. The first-order chi connectivity index (χ1) is 15.7. The maximum atomic E-state index is 13.5. The van der Waals surface area contributed by atoms with E-state index < -0.39 is 21.5 Å². The van der Waals surface area contributed by atoms with Gasteiger partial charge in [0, 0.05) is 6.04 Å². The van der Waals surface area contributed by atoms with Gasteiger partial charge in [-0.2, -0.15) is 0 Å². The zero-order valence-corrected chi connectivity index (χ0v) is 19.5. The Bertz CT molecular complexity index is 1200. The quantitative estimate of drug-likeness (QED) is 0.653. The molecule has 1 amide bonds. The zero-order valence-electron chi connectivity index (χ0n) is 18.7. The molecule has 0 aromatic heterocycles. The van der Waals surface area contributed by atoms with E-state index in [0.717, 1.165) is 5.56 Å². The van der Waals surface area contributed by atoms with E-state index in [1.807, 2.05) is 32.0 Å². The standard InChI is InChI=1S/C26H27NO5S/c1-19(2)27-25(29)22(17-32-26(27)14-12-23(28)13-15-26)16-20-8-6-7-9-21(20)18-33(30,31)24-10-4-3-5-11-24/h3-15,19,22H,16-18H2,1-2H3. The Labute approximate surface area is 194 Å². The molecule has 1 unspecified atom stereocenters. The lowest BCUT2D eigenvalue weighted by Gasteiger charge is -2.48. The number of allylic oxidation sites excluding steroid dienone is 2. The Morgan fingerprint density at radius 3 is 2.21 bits per heavy atom. The van der Waals surface area contributed by atoms with E-state index in [4.69, 9.17) is 4.74 Å². The molecule has 172 valence electrons. The Kier molecular flexibility index (Phi) is 6.36. The maximum absolute atomic E-state index is 13.5. The summed E-state index contributed by atoms with van der Waals surface area (Å²) in [5.41, 5.74) is 0.420. The van der Waals surface area contributed by atoms with Crippen molar-refractivity contribution in [2.45, 2.75) is 42.7 Å². The maximum Gasteiger partial charge on any atom is 0.231 e. The number of benzene rings is 2. The van der Waals surface area contributed by atoms with Crippen LogP contribution in [0.15, 0.2) is 83.8 Å². The first-order valence-electron chi connectivity index (χ1n) is 11.0. The van der Waals surface area contributed by atoms with Gasteiger partial charge in [0.15, 0.2) is 21.3 Å². The number of rotatable bonds is 6. The van der Waals surface area contributed by atoms with Crippen molar-refractivity contribution in [3.63, 3.8) is 0 Å². The van der Waals surface area contributed by atoms with E-state index in [1.54, 1.807) is 53.5 Å². The third-order valence-electron chi connectivity index (χ3n) is 6.00. The van der Waals surface area contributed by atoms with Crippen LogP contribution < -0.4 is 0 Å². The van der Waals surface area contributed by atoms with Crippen LogP contribution in [0.5, 0.6) is 0 Å². The Hall–Kier alpha value is -3.03. The van der Waals surface area contributed by atoms with Crippen LogP contribution in [-0.4, -0.2) is 43.4 Å². The first-order valence-corrected chi connectivity index (χ1v) is 12.6. The zero-order chi connectivity index (χ0) is 23.6. The van der Waals surface area contributed by atoms with E-state index >= 15 is 0 Å². The number of amides is 1. The van der Waals surface area contributed by atoms with Crippen molar-refractivity contribution in [3.05, 3.63) is 90.0 Å². The van der Waals surface area contributed by atoms with E-state index in [9.17, 15) is 18.0 Å². The number of nitrogens with zero attached hydrogens (tertiary/aromatic N) is 1. The van der Waals surface area contributed by atoms with Crippen molar-refractivity contribution < 1.29 is 22.7 Å². The molecule has 33 heavy (non-hydrogen) atoms. The molecular weight excluding hydrogens is 438 g/mol. The predicted molar refractivity (Wildman–Crippen MR) is 125 cm³/mol. The molecule has 6 nitrogen and oxygen atoms in total. The second-order valence-corrected chi connectivity index (χ2v) is 10.7. The van der Waals surface area contributed by atoms with E-state index in [2.05, 4.69) is 0 Å². The minimum Gasteiger partial charge on any atom is -0.347 e. The molecule has 1 atom stereocenters. The van der Waals surface area contributed by atoms with Gasteiger partial charge in [0.1, 0.15) is 0 Å². The second-order valence-electron chi connectivity index (χ2n) is 8.68. The molecule has 2 aromatic carbocycles. The largest absolute Gasteiger partial charge is 0.347 e. The molecule has 2 aliphatic rings. The Morgan fingerprint density at radius 1 is 0.970 bits per heavy atom. The number of carbonyl (C=O) groups is 2. The highest BCUT2D eigenvalue weighted by Gasteiger charge is 2.46. The lowest BCUT2D eigenvalue weighted by molar-refractivity contribution is -0.185. The van der Waals surface area contributed by atoms with Crippen molar-refractivity contribution >= 4 is 21.5 Å². The fourth-order valence-corrected chi connectivity index (χ4v) is 5.83. The lowest BCUT2D eigenvalue weighted by Crippen LogP contribution is -2.61. The van der Waals surface area contributed by atoms with Crippen molar-refractivity contribution in [2.75, 3.05) is 6.61 Å². The molecule has 1 fully saturated rings. The molecule has 1 aliphatic heterocycles. The summed E-state index contributed by atoms with van der Waals surface area (Å²) in [6.07, 6.45) is 6.47. The second kappa shape index (κ2) is 9.08. The summed E-state index contributed by atoms with van der Waals surface area (Å²) in [6, 6.07) is 15.5. The minimum atomic E-state index is -3.52. The van der Waals surface area contributed by atoms with Gasteiger partial charge in [-0.3, -0.25) is 9.59 Å². The third kappa shape index (κ3) is 4.70. The van der Waals surface area contributed by atoms with Gasteiger partial charge < -0.3 is 9.64 Å². The van der Waals surface area contributed by atoms with Crippen LogP contribution in [0, 0.1) is 5.92 Å². The van der Waals surface area contributed by atoms with Crippen LogP contribution in [0.3, 0.4) is 0 Å². The normalized spacial score (nSPS) is 20.1. The average Bonchev–Trinajstić information content (AvgIpc) is 2.79. The SMILES string of the molecule is CC(C)N1C(=O)C(Cc2ccccc2CS(=O)(=O)c2ccccc2)COC12C=CC(=O)C=C2. The lowest BCUT2D eigenvalue weighted by atomic mass is 9.91. The van der Waals surface area contributed by atoms with Gasteiger partial charge in [0.05, 0.1) is 23.2 Å². The van der Waals surface area contributed by atoms with Gasteiger partial charge in [0.2, 0.25) is 5.91 Å². The van der Waals surface area contributed by atoms with Crippen molar-refractivity contribution in [2.24, 2.45) is 5.92 Å². The molecule has 2 aromatic rings. The molecule has 0 bridgehead atoms. The molecule has 1 spiro atoms. The molecule has 1 aliphatic carbocycles. The topological polar surface area (TPSA) is 80.8 Å². The fourth-order valence-electron chi connectivity index (χ4n) is 4.40. The van der Waals surface area contributed by atoms with E-state index in [1.165, 1.54) is 12.2 Å². The van der Waals surface area contributed by atoms with Crippen LogP contribution in [0.25, 0.3) is 0 Å². The van der Waals surface area contributed by atoms with Crippen LogP contribution in [-0.2, 0) is 36.3 Å². The summed E-state index contributed by atoms with van der Waals surface area (Å²) in [5.74, 6) is -0.824. The van der Waals surface area contributed by atoms with E-state index in [0.29, 0.717) is 12.0 Å². The fraction of sp³-hybridized carbons (Fsp3) is 0.308. The number of carbonyl (C=O) groups excluding carboxylic acids is 2. The minimum absolute atomic E-state index is 0.0828. The van der Waals surface area contributed by atoms with Gasteiger partial charge in [-0.25, -0.2) is 8.42 Å². The molecule has 7 heteroatoms. The van der Waals surface area contributed by atoms with Crippen LogP contribution in [0.2, 0.25) is 0 Å². The summed E-state index contributed by atoms with van der Waals surface area (Å²) >= 11 is 0. The number of sulfone groups is 1. The highest BCUT2D eigenvalue weighted by Crippen LogP contribution is 2.34. The third-order valence-corrected chi connectivity index (χ3v) is 7.68. The van der Waals surface area contributed by atoms with E-state index in [-0.39, 0.29) is 35.0 Å². The Morgan fingerprint density at radius 2 is 1.58 bits per heavy atom. The number of hydrogen-bond acceptors (Lipinski definition) is 5. The van der Waals surface area contributed by atoms with Gasteiger partial charge >= 0.3 is 0 Å². The molecule has 4 rings (SSSR count).